The zero-order valence-electron chi connectivity index (χ0n) is 14.7. The van der Waals surface area contributed by atoms with Crippen molar-refractivity contribution >= 4 is 6.03 Å². The molecule has 3 rings (SSSR count). The molecule has 1 N–H and O–H groups in total. The summed E-state index contributed by atoms with van der Waals surface area (Å²) in [6.07, 6.45) is 2.51. The van der Waals surface area contributed by atoms with Crippen LogP contribution in [0.5, 0.6) is 0 Å². The fourth-order valence-electron chi connectivity index (χ4n) is 3.00. The number of rotatable bonds is 6. The highest BCUT2D eigenvalue weighted by atomic mass is 19.1. The normalized spacial score (nSPS) is 16.3. The number of nitrogens with zero attached hydrogens (tertiary/aromatic N) is 3. The molecule has 6 nitrogen and oxygen atoms in total. The van der Waals surface area contributed by atoms with Crippen LogP contribution in [0.4, 0.5) is 9.18 Å². The van der Waals surface area contributed by atoms with Gasteiger partial charge in [-0.25, -0.2) is 9.18 Å². The van der Waals surface area contributed by atoms with Crippen molar-refractivity contribution < 1.29 is 13.7 Å². The molecule has 1 aliphatic carbocycles. The van der Waals surface area contributed by atoms with Crippen molar-refractivity contribution in [3.8, 4) is 0 Å². The second kappa shape index (κ2) is 7.21. The third-order valence-corrected chi connectivity index (χ3v) is 4.51. The molecule has 1 fully saturated rings. The van der Waals surface area contributed by atoms with Gasteiger partial charge in [-0.1, -0.05) is 30.3 Å². The molecule has 2 amide bonds. The number of aryl methyl sites for hydroxylation is 1. The van der Waals surface area contributed by atoms with Crippen molar-refractivity contribution in [3.05, 3.63) is 47.4 Å². The summed E-state index contributed by atoms with van der Waals surface area (Å²) in [6, 6.07) is 5.81. The largest absolute Gasteiger partial charge is 0.340 e. The highest BCUT2D eigenvalue weighted by molar-refractivity contribution is 5.76. The second-order valence-corrected chi connectivity index (χ2v) is 6.42. The van der Waals surface area contributed by atoms with Gasteiger partial charge in [-0.15, -0.1) is 0 Å². The molecule has 0 bridgehead atoms. The number of carbonyl (C=O) groups is 1. The summed E-state index contributed by atoms with van der Waals surface area (Å²) in [6.45, 7) is 5.51. The Morgan fingerprint density at radius 3 is 2.72 bits per heavy atom. The Kier molecular flexibility index (Phi) is 5.01. The van der Waals surface area contributed by atoms with Crippen LogP contribution < -0.4 is 5.32 Å². The maximum Gasteiger partial charge on any atom is 0.318 e. The fourth-order valence-corrected chi connectivity index (χ4v) is 3.00. The fraction of sp³-hybridized carbons (Fsp3) is 0.500. The van der Waals surface area contributed by atoms with Crippen molar-refractivity contribution in [1.29, 1.82) is 0 Å². The van der Waals surface area contributed by atoms with Crippen LogP contribution in [-0.4, -0.2) is 27.1 Å². The molecule has 1 heterocycles. The second-order valence-electron chi connectivity index (χ2n) is 6.42. The molecule has 1 saturated carbocycles. The van der Waals surface area contributed by atoms with Crippen LogP contribution in [0.3, 0.4) is 0 Å². The number of benzene rings is 1. The minimum Gasteiger partial charge on any atom is -0.340 e. The molecule has 1 aliphatic rings. The van der Waals surface area contributed by atoms with Crippen LogP contribution >= 0.6 is 0 Å². The lowest BCUT2D eigenvalue weighted by atomic mass is 10.1. The third-order valence-electron chi connectivity index (χ3n) is 4.51. The standard InChI is InChI=1S/C18H23FN4O2/c1-4-16(17-20-12(3)25-22-17)21-18(24)23(13-9-10-13)11(2)14-7-5-6-8-15(14)19/h5-8,11,13,16H,4,9-10H2,1-3H3,(H,21,24)/t11-,16-/m0/s1. The van der Waals surface area contributed by atoms with E-state index in [1.165, 1.54) is 6.07 Å². The van der Waals surface area contributed by atoms with E-state index in [-0.39, 0.29) is 30.0 Å². The number of urea groups is 1. The van der Waals surface area contributed by atoms with E-state index in [1.807, 2.05) is 13.8 Å². The molecular formula is C18H23FN4O2. The Morgan fingerprint density at radius 1 is 1.44 bits per heavy atom. The number of nitrogens with one attached hydrogen (secondary N) is 1. The van der Waals surface area contributed by atoms with E-state index >= 15 is 0 Å². The molecule has 0 unspecified atom stereocenters. The quantitative estimate of drug-likeness (QED) is 0.861. The van der Waals surface area contributed by atoms with Crippen molar-refractivity contribution in [3.63, 3.8) is 0 Å². The summed E-state index contributed by atoms with van der Waals surface area (Å²) in [5.41, 5.74) is 0.521. The first-order chi connectivity index (χ1) is 12.0. The summed E-state index contributed by atoms with van der Waals surface area (Å²) >= 11 is 0. The molecule has 1 aromatic carbocycles. The van der Waals surface area contributed by atoms with E-state index in [2.05, 4.69) is 15.5 Å². The average Bonchev–Trinajstić information content (AvgIpc) is 3.33. The predicted molar refractivity (Wildman–Crippen MR) is 90.3 cm³/mol. The lowest BCUT2D eigenvalue weighted by molar-refractivity contribution is 0.169. The van der Waals surface area contributed by atoms with E-state index < -0.39 is 0 Å². The summed E-state index contributed by atoms with van der Waals surface area (Å²) in [4.78, 5) is 18.8. The number of aromatic nitrogens is 2. The van der Waals surface area contributed by atoms with Crippen LogP contribution in [0, 0.1) is 12.7 Å². The first-order valence-corrected chi connectivity index (χ1v) is 8.64. The first kappa shape index (κ1) is 17.4. The van der Waals surface area contributed by atoms with Gasteiger partial charge in [0.15, 0.2) is 5.82 Å². The number of carbonyl (C=O) groups excluding carboxylic acids is 1. The van der Waals surface area contributed by atoms with Crippen LogP contribution in [0.25, 0.3) is 0 Å². The molecule has 134 valence electrons. The Balaban J connectivity index is 1.78. The molecule has 0 saturated heterocycles. The minimum absolute atomic E-state index is 0.138. The van der Waals surface area contributed by atoms with Gasteiger partial charge in [0.1, 0.15) is 5.82 Å². The van der Waals surface area contributed by atoms with Gasteiger partial charge < -0.3 is 14.7 Å². The Bertz CT molecular complexity index is 744. The molecule has 2 atom stereocenters. The lowest BCUT2D eigenvalue weighted by Crippen LogP contribution is -2.44. The van der Waals surface area contributed by atoms with Crippen LogP contribution in [-0.2, 0) is 0 Å². The summed E-state index contributed by atoms with van der Waals surface area (Å²) in [5.74, 6) is 0.624. The monoisotopic (exact) mass is 346 g/mol. The number of amides is 2. The molecule has 2 aromatic rings. The van der Waals surface area contributed by atoms with Crippen molar-refractivity contribution in [1.82, 2.24) is 20.4 Å². The zero-order chi connectivity index (χ0) is 18.0. The smallest absolute Gasteiger partial charge is 0.318 e. The van der Waals surface area contributed by atoms with Crippen molar-refractivity contribution in [2.75, 3.05) is 0 Å². The maximum absolute atomic E-state index is 14.2. The van der Waals surface area contributed by atoms with Crippen LogP contribution in [0.15, 0.2) is 28.8 Å². The number of hydrogen-bond donors (Lipinski definition) is 1. The molecule has 7 heteroatoms. The Hall–Kier alpha value is -2.44. The van der Waals surface area contributed by atoms with E-state index in [0.29, 0.717) is 23.7 Å². The van der Waals surface area contributed by atoms with E-state index in [0.717, 1.165) is 12.8 Å². The highest BCUT2D eigenvalue weighted by Gasteiger charge is 2.38. The summed E-state index contributed by atoms with van der Waals surface area (Å²) < 4.78 is 19.2. The van der Waals surface area contributed by atoms with Gasteiger partial charge in [0, 0.05) is 18.5 Å². The van der Waals surface area contributed by atoms with Gasteiger partial charge in [-0.3, -0.25) is 0 Å². The minimum atomic E-state index is -0.349. The van der Waals surface area contributed by atoms with Gasteiger partial charge in [0.05, 0.1) is 12.1 Å². The number of halogens is 1. The molecule has 0 spiro atoms. The van der Waals surface area contributed by atoms with E-state index in [1.54, 1.807) is 30.0 Å². The SMILES string of the molecule is CC[C@H](NC(=O)N(C1CC1)[C@@H](C)c1ccccc1F)c1noc(C)n1. The van der Waals surface area contributed by atoms with Gasteiger partial charge in [-0.2, -0.15) is 4.98 Å². The summed E-state index contributed by atoms with van der Waals surface area (Å²) in [5, 5.41) is 6.87. The van der Waals surface area contributed by atoms with Crippen molar-refractivity contribution in [2.45, 2.75) is 58.2 Å². The molecule has 0 radical (unpaired) electrons. The molecule has 25 heavy (non-hydrogen) atoms. The molecular weight excluding hydrogens is 323 g/mol. The molecule has 0 aliphatic heterocycles. The van der Waals surface area contributed by atoms with Crippen LogP contribution in [0.1, 0.15) is 62.5 Å². The van der Waals surface area contributed by atoms with Gasteiger partial charge in [-0.05, 0) is 32.3 Å². The topological polar surface area (TPSA) is 71.3 Å². The van der Waals surface area contributed by atoms with Gasteiger partial charge in [0.25, 0.3) is 0 Å². The molecule has 1 aromatic heterocycles. The first-order valence-electron chi connectivity index (χ1n) is 8.64. The Morgan fingerprint density at radius 2 is 2.16 bits per heavy atom. The van der Waals surface area contributed by atoms with Gasteiger partial charge in [0.2, 0.25) is 5.89 Å². The zero-order valence-corrected chi connectivity index (χ0v) is 14.7. The Labute approximate surface area is 146 Å². The predicted octanol–water partition coefficient (Wildman–Crippen LogP) is 3.90. The average molecular weight is 346 g/mol. The maximum atomic E-state index is 14.2. The number of hydrogen-bond acceptors (Lipinski definition) is 4. The highest BCUT2D eigenvalue weighted by Crippen LogP contribution is 2.35. The third kappa shape index (κ3) is 3.81. The van der Waals surface area contributed by atoms with Crippen molar-refractivity contribution in [2.24, 2.45) is 0 Å². The lowest BCUT2D eigenvalue weighted by Gasteiger charge is -2.31. The summed E-state index contributed by atoms with van der Waals surface area (Å²) in [7, 11) is 0. The van der Waals surface area contributed by atoms with Gasteiger partial charge >= 0.3 is 6.03 Å². The van der Waals surface area contributed by atoms with E-state index in [9.17, 15) is 9.18 Å². The van der Waals surface area contributed by atoms with Crippen LogP contribution in [0.2, 0.25) is 0 Å². The van der Waals surface area contributed by atoms with E-state index in [4.69, 9.17) is 4.52 Å².